The van der Waals surface area contributed by atoms with E-state index in [1.165, 1.54) is 0 Å². The van der Waals surface area contributed by atoms with Gasteiger partial charge in [-0.25, -0.2) is 4.79 Å². The van der Waals surface area contributed by atoms with Crippen LogP contribution in [0.25, 0.3) is 0 Å². The molecule has 27 heavy (non-hydrogen) atoms. The van der Waals surface area contributed by atoms with Gasteiger partial charge in [0.05, 0.1) is 31.3 Å². The predicted molar refractivity (Wildman–Crippen MR) is 97.4 cm³/mol. The lowest BCUT2D eigenvalue weighted by atomic mass is 9.85. The van der Waals surface area contributed by atoms with Gasteiger partial charge in [0, 0.05) is 6.42 Å². The van der Waals surface area contributed by atoms with Crippen molar-refractivity contribution in [2.45, 2.75) is 77.2 Å². The van der Waals surface area contributed by atoms with Gasteiger partial charge in [-0.1, -0.05) is 0 Å². The molecular formula is C18H32N2O7. The van der Waals surface area contributed by atoms with Gasteiger partial charge in [0.15, 0.2) is 0 Å². The molecule has 0 aromatic rings. The lowest BCUT2D eigenvalue weighted by Crippen LogP contribution is -2.72. The highest BCUT2D eigenvalue weighted by Crippen LogP contribution is 2.25. The van der Waals surface area contributed by atoms with Gasteiger partial charge in [0.25, 0.3) is 0 Å². The molecule has 1 atom stereocenters. The van der Waals surface area contributed by atoms with Gasteiger partial charge in [0.2, 0.25) is 0 Å². The molecule has 1 rings (SSSR count). The molecule has 1 amide bonds. The summed E-state index contributed by atoms with van der Waals surface area (Å²) >= 11 is 0. The van der Waals surface area contributed by atoms with Gasteiger partial charge in [-0.05, 0) is 48.0 Å². The first kappa shape index (κ1) is 23.2. The number of ether oxygens (including phenoxy) is 3. The Hall–Kier alpha value is -1.87. The van der Waals surface area contributed by atoms with E-state index in [4.69, 9.17) is 19.3 Å². The first-order valence-electron chi connectivity index (χ1n) is 8.98. The Morgan fingerprint density at radius 1 is 1.07 bits per heavy atom. The number of carbonyl (C=O) groups is 3. The number of alkyl carbamates (subject to hydrolysis) is 1. The number of rotatable bonds is 8. The maximum Gasteiger partial charge on any atom is 0.407 e. The van der Waals surface area contributed by atoms with Crippen molar-refractivity contribution in [1.29, 1.82) is 0 Å². The van der Waals surface area contributed by atoms with E-state index in [9.17, 15) is 14.4 Å². The van der Waals surface area contributed by atoms with Gasteiger partial charge in [-0.3, -0.25) is 14.9 Å². The maximum atomic E-state index is 12.2. The molecule has 1 heterocycles. The van der Waals surface area contributed by atoms with E-state index in [1.54, 1.807) is 41.5 Å². The summed E-state index contributed by atoms with van der Waals surface area (Å²) in [6.07, 6.45) is -0.321. The minimum Gasteiger partial charge on any atom is -0.480 e. The zero-order chi connectivity index (χ0) is 20.9. The summed E-state index contributed by atoms with van der Waals surface area (Å²) in [5, 5.41) is 14.6. The van der Waals surface area contributed by atoms with Crippen molar-refractivity contribution in [3.8, 4) is 0 Å². The van der Waals surface area contributed by atoms with Gasteiger partial charge < -0.3 is 24.6 Å². The standard InChI is InChI=1S/C18H32N2O7/c1-16(2,3)26-14(23)8-7-12(20-15(24)27-17(4,5)6)18(10-25-11-18)19-9-13(21)22/h12,19H,7-11H2,1-6H3,(H,20,24)(H,21,22)/t12-/m0/s1. The first-order valence-corrected chi connectivity index (χ1v) is 8.98. The number of nitrogens with one attached hydrogen (secondary N) is 2. The topological polar surface area (TPSA) is 123 Å². The summed E-state index contributed by atoms with van der Waals surface area (Å²) in [6.45, 7) is 10.7. The van der Waals surface area contributed by atoms with Crippen molar-refractivity contribution in [3.05, 3.63) is 0 Å². The van der Waals surface area contributed by atoms with Crippen LogP contribution in [0.3, 0.4) is 0 Å². The van der Waals surface area contributed by atoms with Crippen molar-refractivity contribution in [2.24, 2.45) is 0 Å². The minimum atomic E-state index is -1.02. The number of esters is 1. The monoisotopic (exact) mass is 388 g/mol. The average molecular weight is 388 g/mol. The number of amides is 1. The Balaban J connectivity index is 2.83. The minimum absolute atomic E-state index is 0.0637. The van der Waals surface area contributed by atoms with Gasteiger partial charge in [-0.15, -0.1) is 0 Å². The fraction of sp³-hybridized carbons (Fsp3) is 0.833. The molecule has 0 spiro atoms. The van der Waals surface area contributed by atoms with Crippen LogP contribution in [0.2, 0.25) is 0 Å². The number of carbonyl (C=O) groups excluding carboxylic acids is 2. The summed E-state index contributed by atoms with van der Waals surface area (Å²) in [5.41, 5.74) is -2.07. The average Bonchev–Trinajstić information content (AvgIpc) is 2.38. The highest BCUT2D eigenvalue weighted by molar-refractivity contribution is 5.71. The van der Waals surface area contributed by atoms with Crippen molar-refractivity contribution < 1.29 is 33.7 Å². The Kier molecular flexibility index (Phi) is 7.62. The number of aliphatic carboxylic acids is 1. The first-order chi connectivity index (χ1) is 12.2. The zero-order valence-corrected chi connectivity index (χ0v) is 17.0. The molecule has 0 radical (unpaired) electrons. The van der Waals surface area contributed by atoms with Crippen LogP contribution in [0.15, 0.2) is 0 Å². The molecule has 1 saturated heterocycles. The van der Waals surface area contributed by atoms with Gasteiger partial charge in [-0.2, -0.15) is 0 Å². The highest BCUT2D eigenvalue weighted by Gasteiger charge is 2.47. The molecule has 156 valence electrons. The summed E-state index contributed by atoms with van der Waals surface area (Å²) < 4.78 is 15.9. The molecule has 0 aromatic carbocycles. The Morgan fingerprint density at radius 3 is 2.04 bits per heavy atom. The van der Waals surface area contributed by atoms with Crippen LogP contribution in [0.4, 0.5) is 4.79 Å². The highest BCUT2D eigenvalue weighted by atomic mass is 16.6. The Bertz CT molecular complexity index is 545. The lowest BCUT2D eigenvalue weighted by Gasteiger charge is -2.47. The third-order valence-corrected chi connectivity index (χ3v) is 3.73. The van der Waals surface area contributed by atoms with Crippen LogP contribution in [0.5, 0.6) is 0 Å². The molecule has 0 unspecified atom stereocenters. The van der Waals surface area contributed by atoms with E-state index in [1.807, 2.05) is 0 Å². The molecule has 0 aromatic heterocycles. The molecule has 0 aliphatic carbocycles. The Morgan fingerprint density at radius 2 is 1.63 bits per heavy atom. The fourth-order valence-electron chi connectivity index (χ4n) is 2.59. The smallest absolute Gasteiger partial charge is 0.407 e. The van der Waals surface area contributed by atoms with E-state index >= 15 is 0 Å². The van der Waals surface area contributed by atoms with Crippen LogP contribution in [-0.4, -0.2) is 65.7 Å². The predicted octanol–water partition coefficient (Wildman–Crippen LogP) is 1.44. The zero-order valence-electron chi connectivity index (χ0n) is 17.0. The van der Waals surface area contributed by atoms with Crippen LogP contribution in [0.1, 0.15) is 54.4 Å². The molecule has 1 aliphatic rings. The normalized spacial score (nSPS) is 17.4. The van der Waals surface area contributed by atoms with Crippen molar-refractivity contribution in [3.63, 3.8) is 0 Å². The summed E-state index contributed by atoms with van der Waals surface area (Å²) in [5.74, 6) is -1.42. The summed E-state index contributed by atoms with van der Waals surface area (Å²) in [7, 11) is 0. The molecule has 9 heteroatoms. The number of hydrogen-bond acceptors (Lipinski definition) is 7. The molecule has 3 N–H and O–H groups in total. The van der Waals surface area contributed by atoms with E-state index in [0.717, 1.165) is 0 Å². The van der Waals surface area contributed by atoms with E-state index in [2.05, 4.69) is 10.6 Å². The molecule has 0 saturated carbocycles. The van der Waals surface area contributed by atoms with E-state index in [0.29, 0.717) is 0 Å². The molecule has 1 aliphatic heterocycles. The third-order valence-electron chi connectivity index (χ3n) is 3.73. The quantitative estimate of drug-likeness (QED) is 0.534. The Labute approximate surface area is 160 Å². The van der Waals surface area contributed by atoms with Crippen LogP contribution in [0, 0.1) is 0 Å². The van der Waals surface area contributed by atoms with E-state index < -0.39 is 40.8 Å². The number of carboxylic acid groups (broad SMARTS) is 1. The van der Waals surface area contributed by atoms with Crippen molar-refractivity contribution in [2.75, 3.05) is 19.8 Å². The number of carboxylic acids is 1. The van der Waals surface area contributed by atoms with Gasteiger partial charge >= 0.3 is 18.0 Å². The largest absolute Gasteiger partial charge is 0.480 e. The van der Waals surface area contributed by atoms with Crippen LogP contribution >= 0.6 is 0 Å². The molecule has 0 bridgehead atoms. The maximum absolute atomic E-state index is 12.2. The van der Waals surface area contributed by atoms with E-state index in [-0.39, 0.29) is 32.6 Å². The summed E-state index contributed by atoms with van der Waals surface area (Å²) in [4.78, 5) is 35.2. The van der Waals surface area contributed by atoms with Crippen LogP contribution in [-0.2, 0) is 23.8 Å². The van der Waals surface area contributed by atoms with Crippen molar-refractivity contribution >= 4 is 18.0 Å². The second-order valence-electron chi connectivity index (χ2n) is 8.72. The molecule has 1 fully saturated rings. The van der Waals surface area contributed by atoms with Gasteiger partial charge in [0.1, 0.15) is 11.2 Å². The van der Waals surface area contributed by atoms with Crippen LogP contribution < -0.4 is 10.6 Å². The second kappa shape index (κ2) is 8.88. The lowest BCUT2D eigenvalue weighted by molar-refractivity contribution is -0.156. The van der Waals surface area contributed by atoms with Crippen molar-refractivity contribution in [1.82, 2.24) is 10.6 Å². The molecule has 9 nitrogen and oxygen atoms in total. The molecular weight excluding hydrogens is 356 g/mol. The fourth-order valence-corrected chi connectivity index (χ4v) is 2.59. The SMILES string of the molecule is CC(C)(C)OC(=O)CC[C@H](NC(=O)OC(C)(C)C)C1(NCC(=O)O)COC1. The second-order valence-corrected chi connectivity index (χ2v) is 8.72. The summed E-state index contributed by atoms with van der Waals surface area (Å²) in [6, 6.07) is -0.562. The third kappa shape index (κ3) is 8.57. The number of hydrogen-bond donors (Lipinski definition) is 3.